The van der Waals surface area contributed by atoms with Crippen LogP contribution in [0.4, 0.5) is 0 Å². The van der Waals surface area contributed by atoms with Crippen LogP contribution in [0.5, 0.6) is 5.75 Å². The largest absolute Gasteiger partial charge is 0.493 e. The highest BCUT2D eigenvalue weighted by Gasteiger charge is 2.23. The third kappa shape index (κ3) is 2.01. The summed E-state index contributed by atoms with van der Waals surface area (Å²) in [5.74, 6) is 0.269. The highest BCUT2D eigenvalue weighted by molar-refractivity contribution is 7.94. The van der Waals surface area contributed by atoms with E-state index in [1.807, 2.05) is 0 Å². The fraction of sp³-hybridized carbons (Fsp3) is 0.364. The molecule has 1 N–H and O–H groups in total. The van der Waals surface area contributed by atoms with Crippen LogP contribution in [0.1, 0.15) is 27.6 Å². The fourth-order valence-corrected chi connectivity index (χ4v) is 2.22. The van der Waals surface area contributed by atoms with Crippen LogP contribution in [-0.4, -0.2) is 24.2 Å². The number of rotatable bonds is 2. The van der Waals surface area contributed by atoms with Crippen LogP contribution in [-0.2, 0) is 4.74 Å². The average Bonchev–Trinajstić information content (AvgIpc) is 2.36. The number of carbonyl (C=O) groups is 1. The smallest absolute Gasteiger partial charge is 0.337 e. The van der Waals surface area contributed by atoms with Gasteiger partial charge in [-0.2, -0.15) is 0 Å². The van der Waals surface area contributed by atoms with Crippen LogP contribution in [0.2, 0.25) is 0 Å². The molecule has 1 aliphatic heterocycles. The van der Waals surface area contributed by atoms with Gasteiger partial charge >= 0.3 is 5.97 Å². The van der Waals surface area contributed by atoms with E-state index < -0.39 is 0 Å². The Bertz CT molecular complexity index is 405. The lowest BCUT2D eigenvalue weighted by Gasteiger charge is -2.23. The first-order valence-corrected chi connectivity index (χ1v) is 5.75. The minimum Gasteiger partial charge on any atom is -0.493 e. The molecule has 1 heterocycles. The van der Waals surface area contributed by atoms with Crippen molar-refractivity contribution < 1.29 is 18.8 Å². The van der Waals surface area contributed by atoms with Gasteiger partial charge in [0.15, 0.2) is 0 Å². The zero-order valence-electron chi connectivity index (χ0n) is 8.80. The molecule has 0 fully saturated rings. The van der Waals surface area contributed by atoms with Gasteiger partial charge in [0.25, 0.3) is 0 Å². The number of hydrogen-bond acceptors (Lipinski definition) is 5. The molecule has 0 radical (unpaired) electrons. The van der Waals surface area contributed by atoms with Crippen molar-refractivity contribution in [2.24, 2.45) is 0 Å². The van der Waals surface area contributed by atoms with Crippen molar-refractivity contribution in [3.63, 3.8) is 0 Å². The Labute approximate surface area is 97.8 Å². The van der Waals surface area contributed by atoms with Crippen molar-refractivity contribution in [1.29, 1.82) is 0 Å². The van der Waals surface area contributed by atoms with Crippen molar-refractivity contribution in [3.05, 3.63) is 29.3 Å². The molecule has 16 heavy (non-hydrogen) atoms. The average molecular weight is 240 g/mol. The third-order valence-corrected chi connectivity index (χ3v) is 3.29. The molecule has 4 nitrogen and oxygen atoms in total. The van der Waals surface area contributed by atoms with Gasteiger partial charge in [0.05, 0.1) is 24.5 Å². The van der Waals surface area contributed by atoms with Gasteiger partial charge in [-0.1, -0.05) is 6.07 Å². The number of ether oxygens (including phenoxy) is 2. The van der Waals surface area contributed by atoms with E-state index in [1.54, 1.807) is 18.2 Å². The molecule has 0 saturated carbocycles. The summed E-state index contributed by atoms with van der Waals surface area (Å²) in [4.78, 5) is 11.3. The van der Waals surface area contributed by atoms with Crippen molar-refractivity contribution in [2.45, 2.75) is 11.7 Å². The quantitative estimate of drug-likeness (QED) is 0.635. The highest BCUT2D eigenvalue weighted by atomic mass is 32.2. The maximum atomic E-state index is 11.3. The van der Waals surface area contributed by atoms with Crippen molar-refractivity contribution in [1.82, 2.24) is 0 Å². The van der Waals surface area contributed by atoms with E-state index in [-0.39, 0.29) is 11.2 Å². The van der Waals surface area contributed by atoms with Gasteiger partial charge in [-0.3, -0.25) is 0 Å². The first-order valence-electron chi connectivity index (χ1n) is 4.91. The lowest BCUT2D eigenvalue weighted by Crippen LogP contribution is -2.13. The Morgan fingerprint density at radius 2 is 2.44 bits per heavy atom. The molecule has 0 spiro atoms. The van der Waals surface area contributed by atoms with E-state index in [9.17, 15) is 4.79 Å². The molecular formula is C11H12O4S. The Morgan fingerprint density at radius 1 is 1.62 bits per heavy atom. The minimum absolute atomic E-state index is 0.0236. The summed E-state index contributed by atoms with van der Waals surface area (Å²) in [7, 11) is 1.34. The maximum absolute atomic E-state index is 11.3. The van der Waals surface area contributed by atoms with Gasteiger partial charge in [0.1, 0.15) is 5.75 Å². The molecule has 0 amide bonds. The molecule has 0 saturated heterocycles. The summed E-state index contributed by atoms with van der Waals surface area (Å²) in [6.07, 6.45) is 0.770. The number of carbonyl (C=O) groups excluding carboxylic acids is 1. The lowest BCUT2D eigenvalue weighted by molar-refractivity contribution is 0.0600. The zero-order chi connectivity index (χ0) is 11.5. The van der Waals surface area contributed by atoms with Crippen molar-refractivity contribution in [2.75, 3.05) is 13.7 Å². The monoisotopic (exact) mass is 240 g/mol. The van der Waals surface area contributed by atoms with E-state index in [0.29, 0.717) is 17.9 Å². The number of fused-ring (bicyclic) bond motifs is 1. The van der Waals surface area contributed by atoms with Crippen LogP contribution in [0, 0.1) is 0 Å². The second-order valence-electron chi connectivity index (χ2n) is 3.48. The first-order chi connectivity index (χ1) is 7.76. The second-order valence-corrected chi connectivity index (χ2v) is 4.26. The summed E-state index contributed by atoms with van der Waals surface area (Å²) < 4.78 is 19.2. The summed E-state index contributed by atoms with van der Waals surface area (Å²) in [5.41, 5.74) is 1.39. The minimum atomic E-state index is -0.384. The van der Waals surface area contributed by atoms with E-state index in [0.717, 1.165) is 24.0 Å². The van der Waals surface area contributed by atoms with Crippen LogP contribution < -0.4 is 4.74 Å². The first kappa shape index (κ1) is 11.3. The molecule has 1 aromatic rings. The van der Waals surface area contributed by atoms with Crippen molar-refractivity contribution in [3.8, 4) is 5.75 Å². The third-order valence-electron chi connectivity index (χ3n) is 2.55. The molecule has 1 atom stereocenters. The zero-order valence-corrected chi connectivity index (χ0v) is 9.62. The van der Waals surface area contributed by atoms with Crippen LogP contribution in [0.3, 0.4) is 0 Å². The summed E-state index contributed by atoms with van der Waals surface area (Å²) in [5, 5.41) is 0.0236. The molecule has 0 bridgehead atoms. The Morgan fingerprint density at radius 3 is 3.12 bits per heavy atom. The molecule has 86 valence electrons. The normalized spacial score (nSPS) is 18.5. The highest BCUT2D eigenvalue weighted by Crippen LogP contribution is 2.39. The van der Waals surface area contributed by atoms with E-state index in [1.165, 1.54) is 7.11 Å². The Kier molecular flexibility index (Phi) is 3.36. The van der Waals surface area contributed by atoms with E-state index >= 15 is 0 Å². The molecule has 0 aliphatic carbocycles. The van der Waals surface area contributed by atoms with Gasteiger partial charge in [0, 0.05) is 5.56 Å². The molecule has 2 rings (SSSR count). The molecular weight excluding hydrogens is 228 g/mol. The Balaban J connectivity index is 2.35. The van der Waals surface area contributed by atoms with Crippen LogP contribution >= 0.6 is 12.0 Å². The molecule has 1 aromatic carbocycles. The molecule has 0 unspecified atom stereocenters. The number of benzene rings is 1. The molecule has 1 aliphatic rings. The van der Waals surface area contributed by atoms with Gasteiger partial charge in [-0.25, -0.2) is 4.79 Å². The van der Waals surface area contributed by atoms with E-state index in [2.05, 4.69) is 4.74 Å². The molecule has 5 heteroatoms. The predicted octanol–water partition coefficient (Wildman–Crippen LogP) is 2.50. The summed E-state index contributed by atoms with van der Waals surface area (Å²) >= 11 is 0.812. The summed E-state index contributed by atoms with van der Waals surface area (Å²) in [6, 6.07) is 5.14. The number of methoxy groups -OCH3 is 1. The van der Waals surface area contributed by atoms with Gasteiger partial charge in [-0.05, 0) is 30.6 Å². The fourth-order valence-electron chi connectivity index (χ4n) is 1.71. The van der Waals surface area contributed by atoms with Gasteiger partial charge < -0.3 is 14.0 Å². The predicted molar refractivity (Wildman–Crippen MR) is 60.9 cm³/mol. The summed E-state index contributed by atoms with van der Waals surface area (Å²) in [6.45, 7) is 0.551. The maximum Gasteiger partial charge on any atom is 0.337 e. The van der Waals surface area contributed by atoms with Gasteiger partial charge in [-0.15, -0.1) is 0 Å². The number of hydrogen-bond donors (Lipinski definition) is 1. The topological polar surface area (TPSA) is 55.8 Å². The lowest BCUT2D eigenvalue weighted by atomic mass is 10.0. The van der Waals surface area contributed by atoms with Crippen molar-refractivity contribution >= 4 is 18.0 Å². The molecule has 0 aromatic heterocycles. The van der Waals surface area contributed by atoms with Gasteiger partial charge in [0.2, 0.25) is 0 Å². The van der Waals surface area contributed by atoms with E-state index in [4.69, 9.17) is 9.29 Å². The van der Waals surface area contributed by atoms with Crippen LogP contribution in [0.25, 0.3) is 0 Å². The standard InChI is InChI=1S/C11H12O4S/c1-14-11(12)7-2-3-8-9(6-7)15-5-4-10(8)16-13/h2-3,6,10,13H,4-5H2,1H3/t10-/m1/s1. The Hall–Kier alpha value is -1.20. The SMILES string of the molecule is COC(=O)c1ccc2c(c1)OCC[C@H]2SO. The number of esters is 1. The second kappa shape index (κ2) is 4.76. The van der Waals surface area contributed by atoms with Crippen LogP contribution in [0.15, 0.2) is 18.2 Å².